The average molecular weight is 229 g/mol. The van der Waals surface area contributed by atoms with Gasteiger partial charge >= 0.3 is 0 Å². The molecule has 0 bridgehead atoms. The highest BCUT2D eigenvalue weighted by molar-refractivity contribution is 7.99. The van der Waals surface area contributed by atoms with E-state index in [4.69, 9.17) is 10.8 Å². The zero-order valence-electron chi connectivity index (χ0n) is 9.26. The first-order valence-corrected chi connectivity index (χ1v) is 6.32. The number of aliphatic hydroxyl groups excluding tert-OH is 1. The molecule has 1 aromatic rings. The lowest BCUT2D eigenvalue weighted by Crippen LogP contribution is -2.21. The van der Waals surface area contributed by atoms with Crippen LogP contribution in [0.4, 0.5) is 0 Å². The Bertz CT molecular complexity index is 290. The molecular weight excluding hydrogens is 210 g/mol. The van der Waals surface area contributed by atoms with Gasteiger partial charge in [-0.15, -0.1) is 0 Å². The summed E-state index contributed by atoms with van der Waals surface area (Å²) < 4.78 is 2.05. The predicted molar refractivity (Wildman–Crippen MR) is 64.0 cm³/mol. The summed E-state index contributed by atoms with van der Waals surface area (Å²) >= 11 is 1.89. The maximum atomic E-state index is 9.02. The van der Waals surface area contributed by atoms with Crippen LogP contribution in [0.25, 0.3) is 0 Å². The molecule has 5 heteroatoms. The molecule has 1 aromatic heterocycles. The Morgan fingerprint density at radius 2 is 2.40 bits per heavy atom. The monoisotopic (exact) mass is 229 g/mol. The van der Waals surface area contributed by atoms with Crippen molar-refractivity contribution in [2.45, 2.75) is 25.9 Å². The molecule has 0 radical (unpaired) electrons. The minimum Gasteiger partial charge on any atom is -0.394 e. The first kappa shape index (κ1) is 12.5. The van der Waals surface area contributed by atoms with Gasteiger partial charge in [0.25, 0.3) is 0 Å². The van der Waals surface area contributed by atoms with E-state index in [2.05, 4.69) is 18.8 Å². The van der Waals surface area contributed by atoms with Crippen LogP contribution >= 0.6 is 11.8 Å². The highest BCUT2D eigenvalue weighted by Gasteiger charge is 2.14. The Kier molecular flexibility index (Phi) is 5.14. The van der Waals surface area contributed by atoms with Gasteiger partial charge in [-0.1, -0.05) is 6.92 Å². The summed E-state index contributed by atoms with van der Waals surface area (Å²) in [5.41, 5.74) is 6.69. The fourth-order valence-electron chi connectivity index (χ4n) is 1.43. The number of thioether (sulfide) groups is 1. The Balaban J connectivity index is 2.71. The SMILES string of the molecule is CCSCC(C)n1cncc1C(N)CO. The number of imidazole rings is 1. The standard InChI is InChI=1S/C10H19N3OS/c1-3-15-6-8(2)13-7-12-4-10(13)9(11)5-14/h4,7-9,14H,3,5-6,11H2,1-2H3. The van der Waals surface area contributed by atoms with Gasteiger partial charge in [-0.05, 0) is 12.7 Å². The molecule has 3 N–H and O–H groups in total. The largest absolute Gasteiger partial charge is 0.394 e. The highest BCUT2D eigenvalue weighted by atomic mass is 32.2. The van der Waals surface area contributed by atoms with Crippen molar-refractivity contribution in [1.82, 2.24) is 9.55 Å². The third-order valence-electron chi connectivity index (χ3n) is 2.31. The van der Waals surface area contributed by atoms with Crippen LogP contribution in [0.2, 0.25) is 0 Å². The molecule has 0 saturated heterocycles. The maximum absolute atomic E-state index is 9.02. The molecule has 1 heterocycles. The van der Waals surface area contributed by atoms with Gasteiger partial charge in [0.05, 0.1) is 24.7 Å². The van der Waals surface area contributed by atoms with E-state index in [1.54, 1.807) is 12.5 Å². The van der Waals surface area contributed by atoms with Crippen molar-refractivity contribution >= 4 is 11.8 Å². The van der Waals surface area contributed by atoms with Gasteiger partial charge in [0, 0.05) is 18.0 Å². The Morgan fingerprint density at radius 3 is 3.00 bits per heavy atom. The molecule has 1 rings (SSSR count). The Hall–Kier alpha value is -0.520. The van der Waals surface area contributed by atoms with Crippen molar-refractivity contribution < 1.29 is 5.11 Å². The lowest BCUT2D eigenvalue weighted by molar-refractivity contribution is 0.262. The van der Waals surface area contributed by atoms with Gasteiger partial charge in [-0.25, -0.2) is 4.98 Å². The average Bonchev–Trinajstić information content (AvgIpc) is 2.73. The number of nitrogens with two attached hydrogens (primary N) is 1. The number of rotatable bonds is 6. The molecule has 0 saturated carbocycles. The van der Waals surface area contributed by atoms with Crippen molar-refractivity contribution in [3.63, 3.8) is 0 Å². The molecule has 0 aliphatic rings. The van der Waals surface area contributed by atoms with Crippen LogP contribution in [-0.4, -0.2) is 32.8 Å². The molecular formula is C10H19N3OS. The van der Waals surface area contributed by atoms with Crippen LogP contribution in [0.3, 0.4) is 0 Å². The van der Waals surface area contributed by atoms with Crippen LogP contribution in [0, 0.1) is 0 Å². The predicted octanol–water partition coefficient (Wildman–Crippen LogP) is 1.19. The molecule has 0 amide bonds. The van der Waals surface area contributed by atoms with Gasteiger partial charge in [0.2, 0.25) is 0 Å². The highest BCUT2D eigenvalue weighted by Crippen LogP contribution is 2.18. The Labute approximate surface area is 94.9 Å². The summed E-state index contributed by atoms with van der Waals surface area (Å²) in [5.74, 6) is 2.15. The first-order valence-electron chi connectivity index (χ1n) is 5.16. The normalized spacial score (nSPS) is 15.2. The van der Waals surface area contributed by atoms with E-state index >= 15 is 0 Å². The zero-order chi connectivity index (χ0) is 11.3. The van der Waals surface area contributed by atoms with E-state index in [0.717, 1.165) is 17.2 Å². The van der Waals surface area contributed by atoms with Crippen molar-refractivity contribution in [2.24, 2.45) is 5.73 Å². The van der Waals surface area contributed by atoms with E-state index < -0.39 is 0 Å². The summed E-state index contributed by atoms with van der Waals surface area (Å²) in [5, 5.41) is 9.02. The molecule has 15 heavy (non-hydrogen) atoms. The van der Waals surface area contributed by atoms with E-state index in [-0.39, 0.29) is 12.6 Å². The van der Waals surface area contributed by atoms with Crippen molar-refractivity contribution in [3.05, 3.63) is 18.2 Å². The molecule has 4 nitrogen and oxygen atoms in total. The van der Waals surface area contributed by atoms with Crippen molar-refractivity contribution in [3.8, 4) is 0 Å². The van der Waals surface area contributed by atoms with Gasteiger partial charge in [0.1, 0.15) is 0 Å². The van der Waals surface area contributed by atoms with Gasteiger partial charge in [0.15, 0.2) is 0 Å². The molecule has 2 atom stereocenters. The van der Waals surface area contributed by atoms with Gasteiger partial charge < -0.3 is 15.4 Å². The van der Waals surface area contributed by atoms with Crippen molar-refractivity contribution in [2.75, 3.05) is 18.1 Å². The molecule has 0 fully saturated rings. The topological polar surface area (TPSA) is 64.1 Å². The Morgan fingerprint density at radius 1 is 1.67 bits per heavy atom. The maximum Gasteiger partial charge on any atom is 0.0951 e. The second-order valence-corrected chi connectivity index (χ2v) is 4.84. The third-order valence-corrected chi connectivity index (χ3v) is 3.44. The van der Waals surface area contributed by atoms with Crippen LogP contribution < -0.4 is 5.73 Å². The fraction of sp³-hybridized carbons (Fsp3) is 0.700. The fourth-order valence-corrected chi connectivity index (χ4v) is 2.17. The van der Waals surface area contributed by atoms with Crippen LogP contribution in [0.1, 0.15) is 31.6 Å². The van der Waals surface area contributed by atoms with Gasteiger partial charge in [-0.3, -0.25) is 0 Å². The summed E-state index contributed by atoms with van der Waals surface area (Å²) in [6.45, 7) is 4.24. The van der Waals surface area contributed by atoms with Gasteiger partial charge in [-0.2, -0.15) is 11.8 Å². The zero-order valence-corrected chi connectivity index (χ0v) is 10.1. The first-order chi connectivity index (χ1) is 7.20. The molecule has 2 unspecified atom stereocenters. The number of aliphatic hydroxyl groups is 1. The third kappa shape index (κ3) is 3.22. The summed E-state index contributed by atoms with van der Waals surface area (Å²) in [7, 11) is 0. The molecule has 0 aliphatic heterocycles. The summed E-state index contributed by atoms with van der Waals surface area (Å²) in [6.07, 6.45) is 3.51. The molecule has 0 spiro atoms. The number of hydrogen-bond donors (Lipinski definition) is 2. The molecule has 86 valence electrons. The summed E-state index contributed by atoms with van der Waals surface area (Å²) in [4.78, 5) is 4.08. The van der Waals surface area contributed by atoms with E-state index in [9.17, 15) is 0 Å². The molecule has 0 aliphatic carbocycles. The second kappa shape index (κ2) is 6.15. The minimum atomic E-state index is -0.332. The minimum absolute atomic E-state index is 0.0423. The van der Waals surface area contributed by atoms with Crippen LogP contribution in [-0.2, 0) is 0 Å². The van der Waals surface area contributed by atoms with Crippen LogP contribution in [0.15, 0.2) is 12.5 Å². The van der Waals surface area contributed by atoms with Crippen LogP contribution in [0.5, 0.6) is 0 Å². The van der Waals surface area contributed by atoms with E-state index in [1.165, 1.54) is 0 Å². The smallest absolute Gasteiger partial charge is 0.0951 e. The number of hydrogen-bond acceptors (Lipinski definition) is 4. The number of nitrogens with zero attached hydrogens (tertiary/aromatic N) is 2. The van der Waals surface area contributed by atoms with Crippen molar-refractivity contribution in [1.29, 1.82) is 0 Å². The molecule has 0 aromatic carbocycles. The second-order valence-electron chi connectivity index (χ2n) is 3.52. The lowest BCUT2D eigenvalue weighted by atomic mass is 10.2. The van der Waals surface area contributed by atoms with E-state index in [1.807, 2.05) is 16.3 Å². The lowest BCUT2D eigenvalue weighted by Gasteiger charge is -2.18. The number of aromatic nitrogens is 2. The quantitative estimate of drug-likeness (QED) is 0.769. The summed E-state index contributed by atoms with van der Waals surface area (Å²) in [6, 6.07) is 0.0339. The van der Waals surface area contributed by atoms with E-state index in [0.29, 0.717) is 6.04 Å².